The van der Waals surface area contributed by atoms with E-state index in [4.69, 9.17) is 9.72 Å². The molecule has 0 aliphatic heterocycles. The number of aryl methyl sites for hydroxylation is 2. The van der Waals surface area contributed by atoms with Gasteiger partial charge in [-0.15, -0.1) is 10.2 Å². The Hall–Kier alpha value is -2.90. The van der Waals surface area contributed by atoms with Crippen LogP contribution < -0.4 is 15.4 Å². The number of fused-ring (bicyclic) bond motifs is 3. The molecule has 0 aliphatic rings. The zero-order valence-electron chi connectivity index (χ0n) is 17.9. The third-order valence-corrected chi connectivity index (χ3v) is 4.80. The summed E-state index contributed by atoms with van der Waals surface area (Å²) in [5.74, 6) is 2.81. The first kappa shape index (κ1) is 20.8. The number of hydrogen-bond donors (Lipinski definition) is 2. The smallest absolute Gasteiger partial charge is 0.220 e. The number of anilines is 1. The van der Waals surface area contributed by atoms with Crippen LogP contribution in [0.15, 0.2) is 12.1 Å². The number of amides is 1. The highest BCUT2D eigenvalue weighted by Crippen LogP contribution is 2.28. The van der Waals surface area contributed by atoms with E-state index in [1.54, 1.807) is 7.11 Å². The molecule has 1 aromatic carbocycles. The van der Waals surface area contributed by atoms with E-state index in [-0.39, 0.29) is 5.91 Å². The fraction of sp³-hybridized carbons (Fsp3) is 0.524. The van der Waals surface area contributed by atoms with Gasteiger partial charge in [-0.05, 0) is 44.2 Å². The molecule has 3 rings (SSSR count). The molecule has 156 valence electrons. The van der Waals surface area contributed by atoms with Crippen LogP contribution >= 0.6 is 0 Å². The van der Waals surface area contributed by atoms with Gasteiger partial charge >= 0.3 is 0 Å². The molecule has 1 amide bonds. The van der Waals surface area contributed by atoms with Gasteiger partial charge in [0.25, 0.3) is 0 Å². The van der Waals surface area contributed by atoms with Gasteiger partial charge < -0.3 is 15.4 Å². The van der Waals surface area contributed by atoms with E-state index in [9.17, 15) is 4.79 Å². The summed E-state index contributed by atoms with van der Waals surface area (Å²) in [6.45, 7) is 9.48. The lowest BCUT2D eigenvalue weighted by atomic mass is 10.1. The number of aromatic nitrogens is 4. The second-order valence-electron chi connectivity index (χ2n) is 7.76. The van der Waals surface area contributed by atoms with E-state index in [1.807, 2.05) is 44.2 Å². The first-order valence-electron chi connectivity index (χ1n) is 10.1. The summed E-state index contributed by atoms with van der Waals surface area (Å²) in [4.78, 5) is 16.5. The molecule has 0 saturated heterocycles. The van der Waals surface area contributed by atoms with Gasteiger partial charge in [-0.3, -0.25) is 9.20 Å². The summed E-state index contributed by atoms with van der Waals surface area (Å²) in [5.41, 5.74) is 3.56. The van der Waals surface area contributed by atoms with Crippen LogP contribution in [0.3, 0.4) is 0 Å². The monoisotopic (exact) mass is 398 g/mol. The Kier molecular flexibility index (Phi) is 6.51. The minimum atomic E-state index is 0.121. The minimum absolute atomic E-state index is 0.121. The van der Waals surface area contributed by atoms with Gasteiger partial charge in [-0.25, -0.2) is 4.98 Å². The fourth-order valence-electron chi connectivity index (χ4n) is 3.37. The minimum Gasteiger partial charge on any atom is -0.497 e. The van der Waals surface area contributed by atoms with Gasteiger partial charge in [0.1, 0.15) is 11.6 Å². The molecule has 2 aromatic heterocycles. The molecule has 0 aliphatic carbocycles. The molecular formula is C21H30N6O2. The zero-order valence-corrected chi connectivity index (χ0v) is 17.9. The first-order chi connectivity index (χ1) is 13.9. The number of rotatable bonds is 9. The highest BCUT2D eigenvalue weighted by molar-refractivity contribution is 5.86. The summed E-state index contributed by atoms with van der Waals surface area (Å²) in [5, 5.41) is 14.9. The van der Waals surface area contributed by atoms with Crippen LogP contribution in [0, 0.1) is 19.8 Å². The maximum absolute atomic E-state index is 11.7. The Morgan fingerprint density at radius 3 is 2.66 bits per heavy atom. The lowest BCUT2D eigenvalue weighted by Gasteiger charge is -2.12. The van der Waals surface area contributed by atoms with Crippen molar-refractivity contribution >= 4 is 28.4 Å². The topological polar surface area (TPSA) is 93.4 Å². The molecular weight excluding hydrogens is 368 g/mol. The van der Waals surface area contributed by atoms with Gasteiger partial charge in [-0.1, -0.05) is 13.8 Å². The van der Waals surface area contributed by atoms with E-state index >= 15 is 0 Å². The van der Waals surface area contributed by atoms with Crippen molar-refractivity contribution < 1.29 is 9.53 Å². The number of methoxy groups -OCH3 is 1. The largest absolute Gasteiger partial charge is 0.497 e. The van der Waals surface area contributed by atoms with Crippen LogP contribution in [-0.4, -0.2) is 45.7 Å². The van der Waals surface area contributed by atoms with Crippen molar-refractivity contribution in [1.29, 1.82) is 0 Å². The van der Waals surface area contributed by atoms with Crippen LogP contribution in [0.25, 0.3) is 16.7 Å². The van der Waals surface area contributed by atoms with E-state index in [0.717, 1.165) is 53.4 Å². The number of nitrogens with one attached hydrogen (secondary N) is 2. The number of carbonyl (C=O) groups excluding carboxylic acids is 1. The number of ether oxygens (including phenoxy) is 1. The molecule has 0 spiro atoms. The van der Waals surface area contributed by atoms with Crippen molar-refractivity contribution in [3.63, 3.8) is 0 Å². The number of hydrogen-bond acceptors (Lipinski definition) is 6. The van der Waals surface area contributed by atoms with Crippen LogP contribution in [0.4, 0.5) is 5.82 Å². The number of nitrogens with zero attached hydrogens (tertiary/aromatic N) is 4. The second kappa shape index (κ2) is 9.07. The van der Waals surface area contributed by atoms with Crippen molar-refractivity contribution in [3.05, 3.63) is 23.5 Å². The number of unbranched alkanes of at least 4 members (excludes halogenated alkanes) is 1. The predicted molar refractivity (Wildman–Crippen MR) is 115 cm³/mol. The van der Waals surface area contributed by atoms with Crippen LogP contribution in [0.2, 0.25) is 0 Å². The van der Waals surface area contributed by atoms with Crippen molar-refractivity contribution in [2.24, 2.45) is 5.92 Å². The Morgan fingerprint density at radius 1 is 1.17 bits per heavy atom. The average molecular weight is 399 g/mol. The van der Waals surface area contributed by atoms with E-state index in [1.165, 1.54) is 0 Å². The molecule has 0 bridgehead atoms. The molecule has 0 unspecified atom stereocenters. The van der Waals surface area contributed by atoms with Gasteiger partial charge in [0, 0.05) is 25.6 Å². The van der Waals surface area contributed by atoms with E-state index in [2.05, 4.69) is 20.8 Å². The molecule has 0 fully saturated rings. The van der Waals surface area contributed by atoms with Crippen LogP contribution in [0.1, 0.15) is 44.5 Å². The molecule has 2 N–H and O–H groups in total. The lowest BCUT2D eigenvalue weighted by Crippen LogP contribution is -2.25. The quantitative estimate of drug-likeness (QED) is 0.538. The summed E-state index contributed by atoms with van der Waals surface area (Å²) in [6.07, 6.45) is 2.40. The SMILES string of the molecule is COc1cc(C)c2nc(NCCCCNC(=O)CC(C)C)c3nnc(C)n3c2c1. The maximum Gasteiger partial charge on any atom is 0.220 e. The first-order valence-corrected chi connectivity index (χ1v) is 10.1. The summed E-state index contributed by atoms with van der Waals surface area (Å²) < 4.78 is 7.42. The highest BCUT2D eigenvalue weighted by Gasteiger charge is 2.15. The summed E-state index contributed by atoms with van der Waals surface area (Å²) in [7, 11) is 1.66. The molecule has 0 atom stereocenters. The third-order valence-electron chi connectivity index (χ3n) is 4.80. The number of benzene rings is 1. The predicted octanol–water partition coefficient (Wildman–Crippen LogP) is 3.26. The Morgan fingerprint density at radius 2 is 1.93 bits per heavy atom. The highest BCUT2D eigenvalue weighted by atomic mass is 16.5. The van der Waals surface area contributed by atoms with Crippen molar-refractivity contribution in [2.45, 2.75) is 47.0 Å². The molecule has 0 radical (unpaired) electrons. The summed E-state index contributed by atoms with van der Waals surface area (Å²) >= 11 is 0. The molecule has 8 nitrogen and oxygen atoms in total. The fourth-order valence-corrected chi connectivity index (χ4v) is 3.37. The second-order valence-corrected chi connectivity index (χ2v) is 7.76. The molecule has 2 heterocycles. The van der Waals surface area contributed by atoms with Gasteiger partial charge in [0.15, 0.2) is 5.82 Å². The van der Waals surface area contributed by atoms with Crippen molar-refractivity contribution in [2.75, 3.05) is 25.5 Å². The lowest BCUT2D eigenvalue weighted by molar-refractivity contribution is -0.121. The molecule has 29 heavy (non-hydrogen) atoms. The van der Waals surface area contributed by atoms with Gasteiger partial charge in [0.2, 0.25) is 11.6 Å². The van der Waals surface area contributed by atoms with Crippen molar-refractivity contribution in [1.82, 2.24) is 24.9 Å². The van der Waals surface area contributed by atoms with E-state index < -0.39 is 0 Å². The Balaban J connectivity index is 1.70. The Bertz CT molecular complexity index is 1010. The standard InChI is InChI=1S/C21H30N6O2/c1-13(2)10-18(28)22-8-6-7-9-23-20-21-26-25-15(4)27(21)17-12-16(29-5)11-14(3)19(17)24-20/h11-13H,6-10H2,1-5H3,(H,22,28)(H,23,24). The van der Waals surface area contributed by atoms with Crippen LogP contribution in [-0.2, 0) is 4.79 Å². The van der Waals surface area contributed by atoms with Crippen LogP contribution in [0.5, 0.6) is 5.75 Å². The third kappa shape index (κ3) is 4.75. The zero-order chi connectivity index (χ0) is 21.0. The maximum atomic E-state index is 11.7. The van der Waals surface area contributed by atoms with Gasteiger partial charge in [-0.2, -0.15) is 0 Å². The van der Waals surface area contributed by atoms with E-state index in [0.29, 0.717) is 24.5 Å². The molecule has 3 aromatic rings. The summed E-state index contributed by atoms with van der Waals surface area (Å²) in [6, 6.07) is 3.94. The molecule has 0 saturated carbocycles. The Labute approximate surface area is 171 Å². The average Bonchev–Trinajstić information content (AvgIpc) is 3.06. The van der Waals surface area contributed by atoms with Gasteiger partial charge in [0.05, 0.1) is 18.1 Å². The molecule has 8 heteroatoms. The van der Waals surface area contributed by atoms with Crippen molar-refractivity contribution in [3.8, 4) is 5.75 Å². The number of carbonyl (C=O) groups is 1. The normalized spacial score (nSPS) is 11.4.